The minimum atomic E-state index is -0.652. The van der Waals surface area contributed by atoms with Gasteiger partial charge in [0, 0.05) is 31.5 Å². The van der Waals surface area contributed by atoms with Crippen LogP contribution in [0.1, 0.15) is 32.2 Å². The topological polar surface area (TPSA) is 73.1 Å². The maximum Gasteiger partial charge on any atom is 0.247 e. The van der Waals surface area contributed by atoms with Gasteiger partial charge in [-0.05, 0) is 24.6 Å². The summed E-state index contributed by atoms with van der Waals surface area (Å²) in [5.41, 5.74) is 2.89. The molecule has 0 radical (unpaired) electrons. The molecule has 1 aromatic carbocycles. The zero-order valence-corrected chi connectivity index (χ0v) is 16.8. The van der Waals surface area contributed by atoms with Gasteiger partial charge in [-0.15, -0.1) is 10.2 Å². The molecule has 8 heteroatoms. The Morgan fingerprint density at radius 1 is 1.21 bits per heavy atom. The van der Waals surface area contributed by atoms with Crippen LogP contribution in [0, 0.1) is 0 Å². The highest BCUT2D eigenvalue weighted by Crippen LogP contribution is 2.43. The second-order valence-corrected chi connectivity index (χ2v) is 7.58. The molecule has 0 unspecified atom stereocenters. The molecule has 0 saturated heterocycles. The number of rotatable bonds is 4. The number of hydrogen-bond acceptors (Lipinski definition) is 6. The molecule has 28 heavy (non-hydrogen) atoms. The Labute approximate surface area is 167 Å². The highest BCUT2D eigenvalue weighted by Gasteiger charge is 2.35. The number of fused-ring (bicyclic) bond motifs is 3. The second-order valence-electron chi connectivity index (χ2n) is 6.52. The van der Waals surface area contributed by atoms with E-state index in [1.165, 1.54) is 18.7 Å². The summed E-state index contributed by atoms with van der Waals surface area (Å²) in [7, 11) is 1.93. The first kappa shape index (κ1) is 18.5. The quantitative estimate of drug-likeness (QED) is 0.625. The van der Waals surface area contributed by atoms with Crippen LogP contribution in [0.5, 0.6) is 5.88 Å². The summed E-state index contributed by atoms with van der Waals surface area (Å²) in [6.45, 7) is 3.64. The number of thioether (sulfide) groups is 1. The highest BCUT2D eigenvalue weighted by atomic mass is 32.2. The fraction of sp³-hybridized carbons (Fsp3) is 0.300. The van der Waals surface area contributed by atoms with E-state index in [1.807, 2.05) is 54.2 Å². The summed E-state index contributed by atoms with van der Waals surface area (Å²) in [4.78, 5) is 18.9. The Kier molecular flexibility index (Phi) is 5.04. The van der Waals surface area contributed by atoms with Crippen molar-refractivity contribution in [2.45, 2.75) is 31.7 Å². The number of aryl methyl sites for hydroxylation is 1. The van der Waals surface area contributed by atoms with Crippen LogP contribution < -0.4 is 9.64 Å². The fourth-order valence-electron chi connectivity index (χ4n) is 3.23. The predicted molar refractivity (Wildman–Crippen MR) is 108 cm³/mol. The molecule has 2 aromatic heterocycles. The molecule has 1 aliphatic rings. The minimum absolute atomic E-state index is 0.125. The monoisotopic (exact) mass is 395 g/mol. The van der Waals surface area contributed by atoms with Crippen molar-refractivity contribution < 1.29 is 9.53 Å². The Hall–Kier alpha value is -2.87. The van der Waals surface area contributed by atoms with Crippen LogP contribution in [0.4, 0.5) is 5.69 Å². The molecular formula is C20H21N5O2S. The number of carbonyl (C=O) groups excluding carboxylic acids is 1. The van der Waals surface area contributed by atoms with Gasteiger partial charge in [-0.1, -0.05) is 36.9 Å². The zero-order valence-electron chi connectivity index (χ0n) is 16.0. The maximum atomic E-state index is 12.7. The molecular weight excluding hydrogens is 374 g/mol. The Balaban J connectivity index is 1.91. The summed E-state index contributed by atoms with van der Waals surface area (Å²) in [6.07, 6.45) is 2.29. The molecule has 0 spiro atoms. The molecule has 1 amide bonds. The number of aromatic nitrogens is 4. The lowest BCUT2D eigenvalue weighted by atomic mass is 10.1. The summed E-state index contributed by atoms with van der Waals surface area (Å²) >= 11 is 1.54. The van der Waals surface area contributed by atoms with E-state index in [1.54, 1.807) is 4.90 Å². The number of nitrogens with zero attached hydrogens (tertiary/aromatic N) is 5. The number of carbonyl (C=O) groups is 1. The average molecular weight is 395 g/mol. The van der Waals surface area contributed by atoms with E-state index in [9.17, 15) is 4.79 Å². The number of benzene rings is 1. The Morgan fingerprint density at radius 2 is 2.04 bits per heavy atom. The molecule has 0 fully saturated rings. The van der Waals surface area contributed by atoms with E-state index in [0.717, 1.165) is 29.1 Å². The van der Waals surface area contributed by atoms with Crippen molar-refractivity contribution in [3.63, 3.8) is 0 Å². The SMILES string of the molecule is CCCSc1nnc2c(n1)O[C@@H](c1cccn1C)N(C(C)=O)c1ccccc1-2. The van der Waals surface area contributed by atoms with E-state index >= 15 is 0 Å². The van der Waals surface area contributed by atoms with Gasteiger partial charge >= 0.3 is 0 Å². The molecule has 144 valence electrons. The van der Waals surface area contributed by atoms with Gasteiger partial charge in [-0.3, -0.25) is 9.69 Å². The number of hydrogen-bond donors (Lipinski definition) is 0. The fourth-order valence-corrected chi connectivity index (χ4v) is 3.86. The molecule has 0 saturated carbocycles. The third-order valence-electron chi connectivity index (χ3n) is 4.52. The molecule has 0 bridgehead atoms. The third kappa shape index (κ3) is 3.24. The maximum absolute atomic E-state index is 12.7. The van der Waals surface area contributed by atoms with E-state index < -0.39 is 6.23 Å². The largest absolute Gasteiger partial charge is 0.445 e. The van der Waals surface area contributed by atoms with Crippen LogP contribution >= 0.6 is 11.8 Å². The summed E-state index contributed by atoms with van der Waals surface area (Å²) in [6, 6.07) is 11.5. The first-order valence-electron chi connectivity index (χ1n) is 9.14. The van der Waals surface area contributed by atoms with Gasteiger partial charge < -0.3 is 9.30 Å². The molecule has 1 atom stereocenters. The third-order valence-corrected chi connectivity index (χ3v) is 5.57. The minimum Gasteiger partial charge on any atom is -0.445 e. The van der Waals surface area contributed by atoms with Crippen LogP contribution in [-0.2, 0) is 11.8 Å². The standard InChI is InChI=1S/C20H21N5O2S/c1-4-12-28-20-21-18-17(22-23-20)14-8-5-6-9-15(14)25(13(2)26)19(27-18)16-10-7-11-24(16)3/h5-11,19H,4,12H2,1-3H3/t19-/m0/s1. The number of anilines is 1. The van der Waals surface area contributed by atoms with Gasteiger partial charge in [-0.2, -0.15) is 4.98 Å². The molecule has 3 heterocycles. The molecule has 7 nitrogen and oxygen atoms in total. The van der Waals surface area contributed by atoms with E-state index in [2.05, 4.69) is 22.1 Å². The summed E-state index contributed by atoms with van der Waals surface area (Å²) in [5, 5.41) is 9.23. The Bertz CT molecular complexity index is 1020. The van der Waals surface area contributed by atoms with Crippen molar-refractivity contribution in [1.29, 1.82) is 0 Å². The lowest BCUT2D eigenvalue weighted by Crippen LogP contribution is -2.37. The lowest BCUT2D eigenvalue weighted by molar-refractivity contribution is -0.118. The van der Waals surface area contributed by atoms with Gasteiger partial charge in [0.15, 0.2) is 5.69 Å². The summed E-state index contributed by atoms with van der Waals surface area (Å²) < 4.78 is 8.26. The van der Waals surface area contributed by atoms with Crippen molar-refractivity contribution in [1.82, 2.24) is 19.7 Å². The molecule has 1 aliphatic heterocycles. The van der Waals surface area contributed by atoms with Gasteiger partial charge in [0.2, 0.25) is 23.2 Å². The van der Waals surface area contributed by atoms with Crippen molar-refractivity contribution in [2.24, 2.45) is 7.05 Å². The average Bonchev–Trinajstić information content (AvgIpc) is 3.05. The van der Waals surface area contributed by atoms with Gasteiger partial charge in [-0.25, -0.2) is 0 Å². The van der Waals surface area contributed by atoms with Gasteiger partial charge in [0.1, 0.15) is 0 Å². The van der Waals surface area contributed by atoms with Crippen LogP contribution in [0.25, 0.3) is 11.3 Å². The molecule has 0 aliphatic carbocycles. The normalized spacial score (nSPS) is 15.4. The second kappa shape index (κ2) is 7.63. The number of ether oxygens (including phenoxy) is 1. The molecule has 3 aromatic rings. The van der Waals surface area contributed by atoms with Gasteiger partial charge in [0.05, 0.1) is 11.4 Å². The zero-order chi connectivity index (χ0) is 19.7. The van der Waals surface area contributed by atoms with Crippen molar-refractivity contribution in [2.75, 3.05) is 10.7 Å². The predicted octanol–water partition coefficient (Wildman–Crippen LogP) is 3.82. The molecule has 0 N–H and O–H groups in total. The van der Waals surface area contributed by atoms with Crippen LogP contribution in [0.2, 0.25) is 0 Å². The first-order chi connectivity index (χ1) is 13.6. The van der Waals surface area contributed by atoms with Crippen molar-refractivity contribution in [3.05, 3.63) is 48.3 Å². The highest BCUT2D eigenvalue weighted by molar-refractivity contribution is 7.99. The first-order valence-corrected chi connectivity index (χ1v) is 10.1. The van der Waals surface area contributed by atoms with E-state index in [0.29, 0.717) is 16.7 Å². The lowest BCUT2D eigenvalue weighted by Gasteiger charge is -2.29. The number of para-hydroxylation sites is 1. The van der Waals surface area contributed by atoms with Crippen molar-refractivity contribution in [3.8, 4) is 17.1 Å². The van der Waals surface area contributed by atoms with Crippen LogP contribution in [-0.4, -0.2) is 31.4 Å². The van der Waals surface area contributed by atoms with Gasteiger partial charge in [0.25, 0.3) is 0 Å². The van der Waals surface area contributed by atoms with E-state index in [-0.39, 0.29) is 5.91 Å². The van der Waals surface area contributed by atoms with Crippen molar-refractivity contribution >= 4 is 23.4 Å². The van der Waals surface area contributed by atoms with Crippen LogP contribution in [0.3, 0.4) is 0 Å². The molecule has 4 rings (SSSR count). The number of amides is 1. The summed E-state index contributed by atoms with van der Waals surface area (Å²) in [5.74, 6) is 1.16. The van der Waals surface area contributed by atoms with Crippen LogP contribution in [0.15, 0.2) is 47.8 Å². The Morgan fingerprint density at radius 3 is 2.75 bits per heavy atom. The van der Waals surface area contributed by atoms with E-state index in [4.69, 9.17) is 4.74 Å². The smallest absolute Gasteiger partial charge is 0.247 e.